The molecule has 5 nitrogen and oxygen atoms in total. The van der Waals surface area contributed by atoms with Gasteiger partial charge >= 0.3 is 0 Å². The van der Waals surface area contributed by atoms with Gasteiger partial charge in [0.15, 0.2) is 0 Å². The first-order valence-corrected chi connectivity index (χ1v) is 6.30. The zero-order valence-corrected chi connectivity index (χ0v) is 10.2. The summed E-state index contributed by atoms with van der Waals surface area (Å²) in [6.07, 6.45) is 2.03. The molecule has 0 bridgehead atoms. The van der Waals surface area contributed by atoms with Crippen molar-refractivity contribution in [2.24, 2.45) is 0 Å². The number of benzene rings is 1. The van der Waals surface area contributed by atoms with Crippen LogP contribution in [0.4, 0.5) is 0 Å². The summed E-state index contributed by atoms with van der Waals surface area (Å²) in [7, 11) is 0. The zero-order valence-electron chi connectivity index (χ0n) is 10.2. The molecule has 2 aromatic rings. The second kappa shape index (κ2) is 5.29. The van der Waals surface area contributed by atoms with E-state index in [4.69, 9.17) is 0 Å². The fraction of sp³-hybridized carbons (Fsp3) is 0.385. The second-order valence-electron chi connectivity index (χ2n) is 4.54. The molecule has 1 atom stereocenters. The summed E-state index contributed by atoms with van der Waals surface area (Å²) in [4.78, 5) is 0. The van der Waals surface area contributed by atoms with Crippen molar-refractivity contribution in [3.8, 4) is 0 Å². The van der Waals surface area contributed by atoms with Crippen molar-refractivity contribution in [2.45, 2.75) is 12.6 Å². The van der Waals surface area contributed by atoms with Crippen LogP contribution in [0.25, 0.3) is 0 Å². The molecule has 3 rings (SSSR count). The Morgan fingerprint density at radius 1 is 1.22 bits per heavy atom. The number of piperazine rings is 1. The maximum Gasteiger partial charge on any atom is 0.101 e. The summed E-state index contributed by atoms with van der Waals surface area (Å²) < 4.78 is 1.89. The third-order valence-corrected chi connectivity index (χ3v) is 3.14. The molecule has 1 saturated heterocycles. The number of rotatable bonds is 3. The van der Waals surface area contributed by atoms with E-state index in [-0.39, 0.29) is 6.04 Å². The second-order valence-corrected chi connectivity index (χ2v) is 4.54. The smallest absolute Gasteiger partial charge is 0.101 e. The lowest BCUT2D eigenvalue weighted by molar-refractivity contribution is 0.423. The first-order chi connectivity index (χ1) is 8.92. The molecule has 94 valence electrons. The molecular formula is C13H17N5. The Morgan fingerprint density at radius 2 is 2.11 bits per heavy atom. The van der Waals surface area contributed by atoms with Crippen LogP contribution in [-0.2, 0) is 6.54 Å². The van der Waals surface area contributed by atoms with Gasteiger partial charge in [0.1, 0.15) is 5.69 Å². The molecule has 0 spiro atoms. The molecule has 1 aliphatic rings. The van der Waals surface area contributed by atoms with E-state index in [0.29, 0.717) is 0 Å². The van der Waals surface area contributed by atoms with Crippen LogP contribution >= 0.6 is 0 Å². The number of hydrogen-bond donors (Lipinski definition) is 2. The zero-order chi connectivity index (χ0) is 12.2. The van der Waals surface area contributed by atoms with Gasteiger partial charge in [-0.25, -0.2) is 4.68 Å². The third-order valence-electron chi connectivity index (χ3n) is 3.14. The third kappa shape index (κ3) is 2.57. The van der Waals surface area contributed by atoms with E-state index in [9.17, 15) is 0 Å². The Hall–Kier alpha value is -1.72. The van der Waals surface area contributed by atoms with Gasteiger partial charge in [-0.15, -0.1) is 5.10 Å². The maximum absolute atomic E-state index is 4.25. The van der Waals surface area contributed by atoms with Crippen LogP contribution in [0.5, 0.6) is 0 Å². The number of aromatic nitrogens is 3. The van der Waals surface area contributed by atoms with Crippen molar-refractivity contribution >= 4 is 0 Å². The molecule has 1 unspecified atom stereocenters. The van der Waals surface area contributed by atoms with Gasteiger partial charge < -0.3 is 10.6 Å². The molecule has 5 heteroatoms. The fourth-order valence-electron chi connectivity index (χ4n) is 2.18. The van der Waals surface area contributed by atoms with E-state index < -0.39 is 0 Å². The summed E-state index contributed by atoms with van der Waals surface area (Å²) in [5.41, 5.74) is 2.25. The van der Waals surface area contributed by atoms with Gasteiger partial charge in [-0.2, -0.15) is 0 Å². The van der Waals surface area contributed by atoms with Crippen molar-refractivity contribution in [1.82, 2.24) is 25.6 Å². The van der Waals surface area contributed by atoms with E-state index in [1.165, 1.54) is 5.56 Å². The fourth-order valence-corrected chi connectivity index (χ4v) is 2.18. The minimum absolute atomic E-state index is 0.281. The van der Waals surface area contributed by atoms with Gasteiger partial charge in [-0.1, -0.05) is 35.5 Å². The first-order valence-electron chi connectivity index (χ1n) is 6.30. The normalized spacial score (nSPS) is 19.9. The van der Waals surface area contributed by atoms with Crippen molar-refractivity contribution in [1.29, 1.82) is 0 Å². The summed E-state index contributed by atoms with van der Waals surface area (Å²) in [5.74, 6) is 0. The average molecular weight is 243 g/mol. The van der Waals surface area contributed by atoms with E-state index >= 15 is 0 Å². The summed E-state index contributed by atoms with van der Waals surface area (Å²) in [6.45, 7) is 3.70. The van der Waals surface area contributed by atoms with Gasteiger partial charge in [0.25, 0.3) is 0 Å². The molecule has 18 heavy (non-hydrogen) atoms. The van der Waals surface area contributed by atoms with Gasteiger partial charge in [0.2, 0.25) is 0 Å². The van der Waals surface area contributed by atoms with Gasteiger partial charge in [-0.3, -0.25) is 0 Å². The number of nitrogens with zero attached hydrogens (tertiary/aromatic N) is 3. The van der Waals surface area contributed by atoms with E-state index in [2.05, 4.69) is 33.1 Å². The van der Waals surface area contributed by atoms with Crippen LogP contribution < -0.4 is 10.6 Å². The maximum atomic E-state index is 4.25. The van der Waals surface area contributed by atoms with E-state index in [1.54, 1.807) is 0 Å². The molecular weight excluding hydrogens is 226 g/mol. The SMILES string of the molecule is c1ccc(Cn2cc(C3CNCCN3)nn2)cc1. The van der Waals surface area contributed by atoms with Crippen LogP contribution in [0, 0.1) is 0 Å². The van der Waals surface area contributed by atoms with Crippen LogP contribution in [0.2, 0.25) is 0 Å². The van der Waals surface area contributed by atoms with Gasteiger partial charge in [0.05, 0.1) is 18.8 Å². The minimum Gasteiger partial charge on any atom is -0.314 e. The predicted octanol–water partition coefficient (Wildman–Crippen LogP) is 0.560. The quantitative estimate of drug-likeness (QED) is 0.827. The topological polar surface area (TPSA) is 54.8 Å². The molecule has 0 aliphatic carbocycles. The van der Waals surface area contributed by atoms with Crippen LogP contribution in [-0.4, -0.2) is 34.6 Å². The lowest BCUT2D eigenvalue weighted by atomic mass is 10.2. The lowest BCUT2D eigenvalue weighted by Crippen LogP contribution is -2.42. The van der Waals surface area contributed by atoms with E-state index in [0.717, 1.165) is 31.9 Å². The van der Waals surface area contributed by atoms with Crippen molar-refractivity contribution in [3.63, 3.8) is 0 Å². The van der Waals surface area contributed by atoms with Crippen LogP contribution in [0.15, 0.2) is 36.5 Å². The molecule has 1 aromatic carbocycles. The highest BCUT2D eigenvalue weighted by atomic mass is 15.4. The number of nitrogens with one attached hydrogen (secondary N) is 2. The Morgan fingerprint density at radius 3 is 2.89 bits per heavy atom. The minimum atomic E-state index is 0.281. The first kappa shape index (κ1) is 11.4. The molecule has 1 aliphatic heterocycles. The van der Waals surface area contributed by atoms with Crippen LogP contribution in [0.3, 0.4) is 0 Å². The Kier molecular flexibility index (Phi) is 3.34. The average Bonchev–Trinajstić information content (AvgIpc) is 2.89. The highest BCUT2D eigenvalue weighted by Gasteiger charge is 2.17. The predicted molar refractivity (Wildman–Crippen MR) is 69.2 cm³/mol. The lowest BCUT2D eigenvalue weighted by Gasteiger charge is -2.22. The molecule has 2 N–H and O–H groups in total. The molecule has 0 saturated carbocycles. The summed E-state index contributed by atoms with van der Waals surface area (Å²) in [5, 5.41) is 15.2. The Balaban J connectivity index is 1.69. The van der Waals surface area contributed by atoms with Gasteiger partial charge in [0, 0.05) is 19.6 Å². The van der Waals surface area contributed by atoms with Gasteiger partial charge in [-0.05, 0) is 5.56 Å². The molecule has 0 amide bonds. The Bertz CT molecular complexity index is 487. The van der Waals surface area contributed by atoms with Crippen molar-refractivity contribution in [2.75, 3.05) is 19.6 Å². The molecule has 1 fully saturated rings. The van der Waals surface area contributed by atoms with E-state index in [1.807, 2.05) is 29.1 Å². The van der Waals surface area contributed by atoms with Crippen molar-refractivity contribution in [3.05, 3.63) is 47.8 Å². The highest BCUT2D eigenvalue weighted by Crippen LogP contribution is 2.10. The standard InChI is InChI=1S/C13H17N5/c1-2-4-11(5-3-1)9-18-10-13(16-17-18)12-8-14-6-7-15-12/h1-5,10,12,14-15H,6-9H2. The highest BCUT2D eigenvalue weighted by molar-refractivity contribution is 5.15. The number of hydrogen-bond acceptors (Lipinski definition) is 4. The summed E-state index contributed by atoms with van der Waals surface area (Å²) in [6, 6.07) is 10.6. The monoisotopic (exact) mass is 243 g/mol. The Labute approximate surface area is 106 Å². The summed E-state index contributed by atoms with van der Waals surface area (Å²) >= 11 is 0. The van der Waals surface area contributed by atoms with Crippen molar-refractivity contribution < 1.29 is 0 Å². The molecule has 0 radical (unpaired) electrons. The largest absolute Gasteiger partial charge is 0.314 e. The molecule has 1 aromatic heterocycles. The van der Waals surface area contributed by atoms with Crippen LogP contribution in [0.1, 0.15) is 17.3 Å². The molecule has 2 heterocycles.